The molecule has 40 heavy (non-hydrogen) atoms. The van der Waals surface area contributed by atoms with Gasteiger partial charge in [0.15, 0.2) is 0 Å². The number of nitrogens with zero attached hydrogens (tertiary/aromatic N) is 3. The maximum absolute atomic E-state index is 13.7. The van der Waals surface area contributed by atoms with E-state index in [0.29, 0.717) is 27.9 Å². The second-order valence-electron chi connectivity index (χ2n) is 9.06. The molecular weight excluding hydrogens is 567 g/mol. The van der Waals surface area contributed by atoms with E-state index in [1.54, 1.807) is 22.1 Å². The van der Waals surface area contributed by atoms with Crippen LogP contribution in [0.1, 0.15) is 15.7 Å². The third-order valence-electron chi connectivity index (χ3n) is 6.45. The van der Waals surface area contributed by atoms with E-state index in [-0.39, 0.29) is 23.5 Å². The van der Waals surface area contributed by atoms with Crippen LogP contribution in [0, 0.1) is 5.82 Å². The number of aromatic nitrogens is 2. The third-order valence-corrected chi connectivity index (χ3v) is 9.09. The van der Waals surface area contributed by atoms with Gasteiger partial charge in [0.2, 0.25) is 11.8 Å². The van der Waals surface area contributed by atoms with Crippen molar-refractivity contribution in [2.75, 3.05) is 22.5 Å². The Morgan fingerprint density at radius 1 is 1.00 bits per heavy atom. The monoisotopic (exact) mass is 588 g/mol. The number of amides is 2. The van der Waals surface area contributed by atoms with Gasteiger partial charge in [-0.15, -0.1) is 23.1 Å². The van der Waals surface area contributed by atoms with Crippen LogP contribution < -0.4 is 10.2 Å². The Kier molecular flexibility index (Phi) is 7.42. The van der Waals surface area contributed by atoms with Gasteiger partial charge in [-0.2, -0.15) is 5.10 Å². The van der Waals surface area contributed by atoms with Gasteiger partial charge in [0.05, 0.1) is 27.4 Å². The first kappa shape index (κ1) is 26.3. The molecule has 6 rings (SSSR count). The van der Waals surface area contributed by atoms with Gasteiger partial charge >= 0.3 is 0 Å². The number of hydrogen-bond acceptors (Lipinski definition) is 5. The molecule has 1 atom stereocenters. The molecule has 0 bridgehead atoms. The number of rotatable bonds is 6. The molecule has 2 amide bonds. The Morgan fingerprint density at radius 3 is 2.48 bits per heavy atom. The number of para-hydroxylation sites is 1. The first-order valence-corrected chi connectivity index (χ1v) is 14.7. The maximum Gasteiger partial charge on any atom is 0.244 e. The van der Waals surface area contributed by atoms with Crippen LogP contribution in [0.3, 0.4) is 0 Å². The largest absolute Gasteiger partial charge is 0.325 e. The highest BCUT2D eigenvalue weighted by atomic mass is 35.5. The Balaban J connectivity index is 1.54. The molecule has 1 aliphatic heterocycles. The number of nitrogens with one attached hydrogen (secondary N) is 1. The van der Waals surface area contributed by atoms with Crippen LogP contribution >= 0.6 is 34.7 Å². The normalized spacial score (nSPS) is 15.0. The summed E-state index contributed by atoms with van der Waals surface area (Å²) in [6, 6.07) is 26.6. The minimum atomic E-state index is -0.418. The Bertz CT molecular complexity index is 1670. The molecule has 0 fully saturated rings. The Labute approximate surface area is 243 Å². The van der Waals surface area contributed by atoms with Crippen LogP contribution in [0.5, 0.6) is 0 Å². The molecule has 10 heteroatoms. The number of carbonyl (C=O) groups excluding carboxylic acids is 2. The van der Waals surface area contributed by atoms with Crippen LogP contribution in [-0.2, 0) is 9.59 Å². The molecule has 0 radical (unpaired) electrons. The number of benzene rings is 3. The molecule has 0 aliphatic carbocycles. The van der Waals surface area contributed by atoms with Gasteiger partial charge in [-0.1, -0.05) is 60.1 Å². The molecule has 6 nitrogen and oxygen atoms in total. The van der Waals surface area contributed by atoms with Crippen molar-refractivity contribution in [1.82, 2.24) is 9.78 Å². The number of anilines is 2. The lowest BCUT2D eigenvalue weighted by atomic mass is 10.0. The van der Waals surface area contributed by atoms with E-state index in [0.717, 1.165) is 16.0 Å². The molecule has 3 heterocycles. The van der Waals surface area contributed by atoms with Crippen LogP contribution in [0.4, 0.5) is 15.9 Å². The molecule has 0 spiro atoms. The highest BCUT2D eigenvalue weighted by Gasteiger charge is 2.38. The third kappa shape index (κ3) is 5.15. The molecular formula is C30H22ClFN4O2S2. The van der Waals surface area contributed by atoms with E-state index < -0.39 is 11.7 Å². The first-order chi connectivity index (χ1) is 19.5. The van der Waals surface area contributed by atoms with Crippen molar-refractivity contribution >= 4 is 58.0 Å². The van der Waals surface area contributed by atoms with E-state index in [2.05, 4.69) is 11.4 Å². The van der Waals surface area contributed by atoms with E-state index in [9.17, 15) is 14.0 Å². The van der Waals surface area contributed by atoms with Crippen molar-refractivity contribution in [2.45, 2.75) is 5.25 Å². The SMILES string of the molecule is O=C(CN1C(=O)CSC(c2cccs2)c2c(-c3ccccc3)nn(-c3ccccc3Cl)c21)Nc1ccc(F)cc1. The molecule has 5 aromatic rings. The maximum atomic E-state index is 13.7. The van der Waals surface area contributed by atoms with Crippen molar-refractivity contribution in [3.05, 3.63) is 118 Å². The van der Waals surface area contributed by atoms with Crippen LogP contribution in [0.2, 0.25) is 5.02 Å². The number of thioether (sulfide) groups is 1. The zero-order valence-corrected chi connectivity index (χ0v) is 23.3. The summed E-state index contributed by atoms with van der Waals surface area (Å²) in [5.74, 6) is -0.391. The second kappa shape index (κ2) is 11.3. The predicted molar refractivity (Wildman–Crippen MR) is 160 cm³/mol. The number of fused-ring (bicyclic) bond motifs is 1. The summed E-state index contributed by atoms with van der Waals surface area (Å²) in [5.41, 5.74) is 3.45. The molecule has 200 valence electrons. The van der Waals surface area contributed by atoms with Gasteiger partial charge in [0.1, 0.15) is 18.2 Å². The lowest BCUT2D eigenvalue weighted by molar-refractivity contribution is -0.120. The fraction of sp³-hybridized carbons (Fsp3) is 0.100. The van der Waals surface area contributed by atoms with Crippen molar-refractivity contribution in [2.24, 2.45) is 0 Å². The molecule has 2 aromatic heterocycles. The summed E-state index contributed by atoms with van der Waals surface area (Å²) in [6.45, 7) is -0.259. The standard InChI is InChI=1S/C30H22ClFN4O2S2/c31-22-9-4-5-10-23(22)36-30-27(28(34-36)19-7-2-1-3-8-19)29(24-11-6-16-39-24)40-18-26(38)35(30)17-25(37)33-21-14-12-20(32)13-15-21/h1-16,29H,17-18H2,(H,33,37). The lowest BCUT2D eigenvalue weighted by Gasteiger charge is -2.23. The van der Waals surface area contributed by atoms with Crippen molar-refractivity contribution in [1.29, 1.82) is 0 Å². The second-order valence-corrected chi connectivity index (χ2v) is 11.5. The van der Waals surface area contributed by atoms with Gasteiger partial charge in [0, 0.05) is 21.7 Å². The van der Waals surface area contributed by atoms with Gasteiger partial charge in [-0.25, -0.2) is 9.07 Å². The number of thiophene rings is 1. The van der Waals surface area contributed by atoms with E-state index in [1.165, 1.54) is 40.9 Å². The molecule has 3 aromatic carbocycles. The summed E-state index contributed by atoms with van der Waals surface area (Å²) in [4.78, 5) is 29.6. The summed E-state index contributed by atoms with van der Waals surface area (Å²) >= 11 is 9.79. The number of hydrogen-bond donors (Lipinski definition) is 1. The van der Waals surface area contributed by atoms with Crippen LogP contribution in [0.15, 0.2) is 96.4 Å². The lowest BCUT2D eigenvalue weighted by Crippen LogP contribution is -2.40. The average molecular weight is 589 g/mol. The molecule has 0 saturated carbocycles. The molecule has 1 unspecified atom stereocenters. The zero-order chi connectivity index (χ0) is 27.6. The minimum absolute atomic E-state index is 0.165. The fourth-order valence-electron chi connectivity index (χ4n) is 4.66. The van der Waals surface area contributed by atoms with Gasteiger partial charge in [-0.05, 0) is 47.8 Å². The van der Waals surface area contributed by atoms with E-state index >= 15 is 0 Å². The molecule has 1 N–H and O–H groups in total. The zero-order valence-electron chi connectivity index (χ0n) is 21.0. The fourth-order valence-corrected chi connectivity index (χ4v) is 7.05. The number of carbonyl (C=O) groups is 2. The van der Waals surface area contributed by atoms with Crippen molar-refractivity contribution in [3.63, 3.8) is 0 Å². The molecule has 0 saturated heterocycles. The number of halogens is 2. The molecule has 1 aliphatic rings. The van der Waals surface area contributed by atoms with Crippen molar-refractivity contribution < 1.29 is 14.0 Å². The Hall–Kier alpha value is -3.92. The minimum Gasteiger partial charge on any atom is -0.325 e. The topological polar surface area (TPSA) is 67.2 Å². The van der Waals surface area contributed by atoms with Gasteiger partial charge in [-0.3, -0.25) is 14.5 Å². The van der Waals surface area contributed by atoms with Crippen molar-refractivity contribution in [3.8, 4) is 16.9 Å². The van der Waals surface area contributed by atoms with E-state index in [1.807, 2.05) is 60.0 Å². The summed E-state index contributed by atoms with van der Waals surface area (Å²) < 4.78 is 15.1. The quantitative estimate of drug-likeness (QED) is 0.228. The average Bonchev–Trinajstić information content (AvgIpc) is 3.61. The van der Waals surface area contributed by atoms with Crippen LogP contribution in [0.25, 0.3) is 16.9 Å². The van der Waals surface area contributed by atoms with Gasteiger partial charge < -0.3 is 5.32 Å². The smallest absolute Gasteiger partial charge is 0.244 e. The first-order valence-electron chi connectivity index (χ1n) is 12.4. The Morgan fingerprint density at radius 2 is 1.75 bits per heavy atom. The highest BCUT2D eigenvalue weighted by Crippen LogP contribution is 2.49. The highest BCUT2D eigenvalue weighted by molar-refractivity contribution is 8.00. The summed E-state index contributed by atoms with van der Waals surface area (Å²) in [7, 11) is 0. The summed E-state index contributed by atoms with van der Waals surface area (Å²) in [5, 5.41) is 10.1. The predicted octanol–water partition coefficient (Wildman–Crippen LogP) is 7.20. The van der Waals surface area contributed by atoms with Crippen LogP contribution in [-0.4, -0.2) is 33.9 Å². The summed E-state index contributed by atoms with van der Waals surface area (Å²) in [6.07, 6.45) is 0. The van der Waals surface area contributed by atoms with E-state index in [4.69, 9.17) is 16.7 Å². The van der Waals surface area contributed by atoms with Gasteiger partial charge in [0.25, 0.3) is 0 Å².